The summed E-state index contributed by atoms with van der Waals surface area (Å²) in [5.74, 6) is 0.912. The van der Waals surface area contributed by atoms with Gasteiger partial charge in [-0.25, -0.2) is 4.98 Å². The first-order valence-corrected chi connectivity index (χ1v) is 7.18. The molecule has 0 radical (unpaired) electrons. The Balaban J connectivity index is 1.48. The van der Waals surface area contributed by atoms with Crippen LogP contribution >= 0.6 is 11.3 Å². The molecule has 2 heterocycles. The smallest absolute Gasteiger partial charge is 0.0795 e. The third-order valence-corrected chi connectivity index (χ3v) is 3.79. The van der Waals surface area contributed by atoms with Crippen LogP contribution in [0.15, 0.2) is 10.9 Å². The molecule has 16 heavy (non-hydrogen) atoms. The number of nitrogens with one attached hydrogen (secondary N) is 2. The summed E-state index contributed by atoms with van der Waals surface area (Å²) in [4.78, 5) is 4.25. The van der Waals surface area contributed by atoms with E-state index in [1.54, 1.807) is 11.3 Å². The lowest BCUT2D eigenvalue weighted by Gasteiger charge is -2.22. The molecular formula is C12H21N3S. The van der Waals surface area contributed by atoms with Gasteiger partial charge in [-0.1, -0.05) is 0 Å². The second-order valence-electron chi connectivity index (χ2n) is 4.51. The molecule has 0 spiro atoms. The van der Waals surface area contributed by atoms with Crippen molar-refractivity contribution < 1.29 is 0 Å². The average Bonchev–Trinajstić information content (AvgIpc) is 2.83. The first-order chi connectivity index (χ1) is 7.95. The van der Waals surface area contributed by atoms with Gasteiger partial charge in [0.05, 0.1) is 11.2 Å². The molecule has 0 aliphatic carbocycles. The van der Waals surface area contributed by atoms with E-state index < -0.39 is 0 Å². The van der Waals surface area contributed by atoms with E-state index in [1.807, 2.05) is 5.51 Å². The van der Waals surface area contributed by atoms with Gasteiger partial charge in [0, 0.05) is 11.9 Å². The van der Waals surface area contributed by atoms with Crippen molar-refractivity contribution in [2.45, 2.75) is 32.2 Å². The summed E-state index contributed by atoms with van der Waals surface area (Å²) >= 11 is 1.67. The minimum atomic E-state index is 0.912. The molecule has 4 heteroatoms. The number of hydrogen-bond donors (Lipinski definition) is 2. The summed E-state index contributed by atoms with van der Waals surface area (Å²) in [6.07, 6.45) is 5.42. The van der Waals surface area contributed by atoms with Crippen LogP contribution < -0.4 is 10.6 Å². The number of rotatable bonds is 6. The summed E-state index contributed by atoms with van der Waals surface area (Å²) in [5, 5.41) is 9.03. The zero-order valence-electron chi connectivity index (χ0n) is 9.74. The SMILES string of the molecule is c1nc(CNCCCC2CCCNC2)cs1. The van der Waals surface area contributed by atoms with Crippen LogP contribution in [0, 0.1) is 5.92 Å². The van der Waals surface area contributed by atoms with Gasteiger partial charge in [-0.15, -0.1) is 11.3 Å². The summed E-state index contributed by atoms with van der Waals surface area (Å²) in [6.45, 7) is 4.49. The molecular weight excluding hydrogens is 218 g/mol. The van der Waals surface area contributed by atoms with E-state index in [2.05, 4.69) is 21.0 Å². The molecule has 0 saturated carbocycles. The van der Waals surface area contributed by atoms with E-state index in [1.165, 1.54) is 44.5 Å². The Hall–Kier alpha value is -0.450. The Morgan fingerprint density at radius 3 is 3.31 bits per heavy atom. The maximum atomic E-state index is 4.25. The number of aromatic nitrogens is 1. The molecule has 2 rings (SSSR count). The zero-order valence-corrected chi connectivity index (χ0v) is 10.6. The molecule has 1 unspecified atom stereocenters. The zero-order chi connectivity index (χ0) is 11.1. The van der Waals surface area contributed by atoms with Crippen LogP contribution in [0.3, 0.4) is 0 Å². The number of nitrogens with zero attached hydrogens (tertiary/aromatic N) is 1. The van der Waals surface area contributed by atoms with Crippen molar-refractivity contribution in [1.29, 1.82) is 0 Å². The second kappa shape index (κ2) is 6.99. The molecule has 1 aliphatic heterocycles. The standard InChI is InChI=1S/C12H21N3S/c1-3-11(7-13-5-1)4-2-6-14-8-12-9-16-10-15-12/h9-11,13-14H,1-8H2. The molecule has 1 aliphatic rings. The van der Waals surface area contributed by atoms with Crippen LogP contribution in [0.25, 0.3) is 0 Å². The molecule has 1 atom stereocenters. The Kier molecular flexibility index (Phi) is 5.25. The monoisotopic (exact) mass is 239 g/mol. The molecule has 0 amide bonds. The van der Waals surface area contributed by atoms with E-state index in [4.69, 9.17) is 0 Å². The second-order valence-corrected chi connectivity index (χ2v) is 5.23. The van der Waals surface area contributed by atoms with Crippen LogP contribution in [-0.4, -0.2) is 24.6 Å². The lowest BCUT2D eigenvalue weighted by molar-refractivity contribution is 0.348. The largest absolute Gasteiger partial charge is 0.316 e. The fraction of sp³-hybridized carbons (Fsp3) is 0.750. The highest BCUT2D eigenvalue weighted by Crippen LogP contribution is 2.15. The summed E-state index contributed by atoms with van der Waals surface area (Å²) in [6, 6.07) is 0. The predicted octanol–water partition coefficient (Wildman–Crippen LogP) is 2.01. The van der Waals surface area contributed by atoms with Crippen molar-refractivity contribution in [2.75, 3.05) is 19.6 Å². The third-order valence-electron chi connectivity index (χ3n) is 3.15. The summed E-state index contributed by atoms with van der Waals surface area (Å²) in [7, 11) is 0. The van der Waals surface area contributed by atoms with Gasteiger partial charge in [0.15, 0.2) is 0 Å². The molecule has 0 bridgehead atoms. The molecule has 1 aromatic heterocycles. The molecule has 2 N–H and O–H groups in total. The van der Waals surface area contributed by atoms with Crippen molar-refractivity contribution in [3.63, 3.8) is 0 Å². The van der Waals surface area contributed by atoms with Crippen LogP contribution in [0.1, 0.15) is 31.4 Å². The van der Waals surface area contributed by atoms with Crippen molar-refractivity contribution in [3.8, 4) is 0 Å². The maximum Gasteiger partial charge on any atom is 0.0795 e. The third kappa shape index (κ3) is 4.20. The van der Waals surface area contributed by atoms with Gasteiger partial charge in [-0.05, 0) is 51.2 Å². The number of piperidine rings is 1. The van der Waals surface area contributed by atoms with Crippen LogP contribution in [0.4, 0.5) is 0 Å². The summed E-state index contributed by atoms with van der Waals surface area (Å²) < 4.78 is 0. The van der Waals surface area contributed by atoms with E-state index in [0.717, 1.165) is 19.0 Å². The number of thiazole rings is 1. The highest BCUT2D eigenvalue weighted by molar-refractivity contribution is 7.07. The topological polar surface area (TPSA) is 37.0 Å². The van der Waals surface area contributed by atoms with Crippen LogP contribution in [0.2, 0.25) is 0 Å². The van der Waals surface area contributed by atoms with Crippen molar-refractivity contribution in [1.82, 2.24) is 15.6 Å². The normalized spacial score (nSPS) is 21.1. The van der Waals surface area contributed by atoms with E-state index in [9.17, 15) is 0 Å². The van der Waals surface area contributed by atoms with E-state index in [-0.39, 0.29) is 0 Å². The molecule has 0 aromatic carbocycles. The Bertz CT molecular complexity index is 268. The Labute approximate surface area is 102 Å². The van der Waals surface area contributed by atoms with E-state index in [0.29, 0.717) is 0 Å². The molecule has 1 saturated heterocycles. The molecule has 90 valence electrons. The highest BCUT2D eigenvalue weighted by atomic mass is 32.1. The number of hydrogen-bond acceptors (Lipinski definition) is 4. The van der Waals surface area contributed by atoms with Gasteiger partial charge in [0.2, 0.25) is 0 Å². The molecule has 3 nitrogen and oxygen atoms in total. The quantitative estimate of drug-likeness (QED) is 0.746. The van der Waals surface area contributed by atoms with Crippen molar-refractivity contribution >= 4 is 11.3 Å². The van der Waals surface area contributed by atoms with Crippen molar-refractivity contribution in [2.24, 2.45) is 5.92 Å². The molecule has 1 fully saturated rings. The minimum absolute atomic E-state index is 0.912. The lowest BCUT2D eigenvalue weighted by Crippen LogP contribution is -2.30. The van der Waals surface area contributed by atoms with Crippen LogP contribution in [-0.2, 0) is 6.54 Å². The fourth-order valence-electron chi connectivity index (χ4n) is 2.23. The first kappa shape index (κ1) is 12.0. The van der Waals surface area contributed by atoms with Gasteiger partial charge in [0.1, 0.15) is 0 Å². The van der Waals surface area contributed by atoms with E-state index >= 15 is 0 Å². The van der Waals surface area contributed by atoms with Gasteiger partial charge in [-0.3, -0.25) is 0 Å². The van der Waals surface area contributed by atoms with Gasteiger partial charge in [-0.2, -0.15) is 0 Å². The lowest BCUT2D eigenvalue weighted by atomic mass is 9.95. The predicted molar refractivity (Wildman–Crippen MR) is 68.6 cm³/mol. The summed E-state index contributed by atoms with van der Waals surface area (Å²) in [5.41, 5.74) is 3.06. The Morgan fingerprint density at radius 1 is 1.56 bits per heavy atom. The fourth-order valence-corrected chi connectivity index (χ4v) is 2.79. The molecule has 1 aromatic rings. The average molecular weight is 239 g/mol. The van der Waals surface area contributed by atoms with Gasteiger partial charge < -0.3 is 10.6 Å². The van der Waals surface area contributed by atoms with Crippen LogP contribution in [0.5, 0.6) is 0 Å². The van der Waals surface area contributed by atoms with Gasteiger partial charge in [0.25, 0.3) is 0 Å². The highest BCUT2D eigenvalue weighted by Gasteiger charge is 2.11. The maximum absolute atomic E-state index is 4.25. The van der Waals surface area contributed by atoms with Gasteiger partial charge >= 0.3 is 0 Å². The first-order valence-electron chi connectivity index (χ1n) is 6.23. The van der Waals surface area contributed by atoms with Crippen molar-refractivity contribution in [3.05, 3.63) is 16.6 Å². The minimum Gasteiger partial charge on any atom is -0.316 e. The Morgan fingerprint density at radius 2 is 2.56 bits per heavy atom.